The Morgan fingerprint density at radius 2 is 1.89 bits per heavy atom. The zero-order chi connectivity index (χ0) is 13.2. The third kappa shape index (κ3) is 2.08. The monoisotopic (exact) mass is 251 g/mol. The van der Waals surface area contributed by atoms with Gasteiger partial charge in [0, 0.05) is 11.6 Å². The average molecular weight is 251 g/mol. The number of hydrogen-bond acceptors (Lipinski definition) is 3. The van der Waals surface area contributed by atoms with Crippen LogP contribution in [-0.4, -0.2) is 9.55 Å². The summed E-state index contributed by atoms with van der Waals surface area (Å²) < 4.78 is 1.55. The first kappa shape index (κ1) is 11.5. The highest BCUT2D eigenvalue weighted by atomic mass is 16.1. The molecule has 2 heterocycles. The summed E-state index contributed by atoms with van der Waals surface area (Å²) in [6.45, 7) is 0.385. The molecule has 0 saturated heterocycles. The van der Waals surface area contributed by atoms with Crippen molar-refractivity contribution in [1.29, 1.82) is 0 Å². The van der Waals surface area contributed by atoms with Gasteiger partial charge in [-0.15, -0.1) is 0 Å². The van der Waals surface area contributed by atoms with Gasteiger partial charge in [0.25, 0.3) is 5.56 Å². The lowest BCUT2D eigenvalue weighted by molar-refractivity contribution is 0.758. The van der Waals surface area contributed by atoms with Gasteiger partial charge >= 0.3 is 0 Å². The molecule has 3 rings (SSSR count). The van der Waals surface area contributed by atoms with Gasteiger partial charge < -0.3 is 5.73 Å². The van der Waals surface area contributed by atoms with Crippen LogP contribution in [-0.2, 0) is 6.54 Å². The smallest absolute Gasteiger partial charge is 0.260 e. The molecule has 1 aromatic carbocycles. The zero-order valence-electron chi connectivity index (χ0n) is 10.3. The zero-order valence-corrected chi connectivity index (χ0v) is 10.3. The summed E-state index contributed by atoms with van der Waals surface area (Å²) in [5.74, 6) is 0.453. The van der Waals surface area contributed by atoms with Crippen molar-refractivity contribution in [2.45, 2.75) is 6.54 Å². The number of hydrogen-bond donors (Lipinski definition) is 1. The Bertz CT molecular complexity index is 778. The minimum Gasteiger partial charge on any atom is -0.385 e. The van der Waals surface area contributed by atoms with Crippen LogP contribution in [0.5, 0.6) is 0 Å². The van der Waals surface area contributed by atoms with Gasteiger partial charge in [0.2, 0.25) is 0 Å². The highest BCUT2D eigenvalue weighted by molar-refractivity contribution is 5.83. The highest BCUT2D eigenvalue weighted by Crippen LogP contribution is 2.14. The number of nitrogens with two attached hydrogens (primary N) is 1. The molecule has 0 atom stereocenters. The Labute approximate surface area is 110 Å². The lowest BCUT2D eigenvalue weighted by atomic mass is 10.1. The van der Waals surface area contributed by atoms with Crippen molar-refractivity contribution < 1.29 is 0 Å². The Kier molecular flexibility index (Phi) is 2.76. The van der Waals surface area contributed by atoms with Crippen LogP contribution in [0.3, 0.4) is 0 Å². The lowest BCUT2D eigenvalue weighted by Crippen LogP contribution is -2.23. The van der Waals surface area contributed by atoms with Crippen molar-refractivity contribution in [1.82, 2.24) is 9.55 Å². The van der Waals surface area contributed by atoms with Gasteiger partial charge in [0.15, 0.2) is 0 Å². The topological polar surface area (TPSA) is 60.9 Å². The van der Waals surface area contributed by atoms with Crippen molar-refractivity contribution in [3.05, 3.63) is 70.8 Å². The Hall–Kier alpha value is -2.62. The number of fused-ring (bicyclic) bond motifs is 1. The quantitative estimate of drug-likeness (QED) is 0.758. The van der Waals surface area contributed by atoms with Crippen LogP contribution in [0.4, 0.5) is 5.82 Å². The Balaban J connectivity index is 2.16. The first-order valence-corrected chi connectivity index (χ1v) is 6.03. The first-order valence-electron chi connectivity index (χ1n) is 6.03. The van der Waals surface area contributed by atoms with Gasteiger partial charge in [-0.25, -0.2) is 0 Å². The second-order valence-corrected chi connectivity index (χ2v) is 4.37. The van der Waals surface area contributed by atoms with Crippen LogP contribution in [0, 0.1) is 0 Å². The molecule has 3 aromatic rings. The van der Waals surface area contributed by atoms with Crippen molar-refractivity contribution in [2.75, 3.05) is 5.73 Å². The second kappa shape index (κ2) is 4.57. The normalized spacial score (nSPS) is 10.7. The Morgan fingerprint density at radius 3 is 2.68 bits per heavy atom. The first-order chi connectivity index (χ1) is 9.25. The number of rotatable bonds is 2. The molecule has 0 amide bonds. The molecule has 2 aromatic heterocycles. The van der Waals surface area contributed by atoms with Crippen LogP contribution in [0.2, 0.25) is 0 Å². The molecule has 0 bridgehead atoms. The van der Waals surface area contributed by atoms with Gasteiger partial charge in [0.1, 0.15) is 5.82 Å². The van der Waals surface area contributed by atoms with E-state index in [0.29, 0.717) is 17.7 Å². The minimum atomic E-state index is -0.0822. The summed E-state index contributed by atoms with van der Waals surface area (Å²) in [5, 5.41) is 1.54. The highest BCUT2D eigenvalue weighted by Gasteiger charge is 2.07. The summed E-state index contributed by atoms with van der Waals surface area (Å²) in [7, 11) is 0. The van der Waals surface area contributed by atoms with Gasteiger partial charge in [-0.05, 0) is 29.7 Å². The standard InChI is InChI=1S/C15H13N3O/c16-14-9-11-5-1-2-7-13(11)15(19)18(14)10-12-6-3-4-8-17-12/h1-9H,10,16H2. The molecule has 0 unspecified atom stereocenters. The summed E-state index contributed by atoms with van der Waals surface area (Å²) >= 11 is 0. The number of benzene rings is 1. The van der Waals surface area contributed by atoms with Crippen LogP contribution in [0.1, 0.15) is 5.69 Å². The van der Waals surface area contributed by atoms with Crippen LogP contribution < -0.4 is 11.3 Å². The van der Waals surface area contributed by atoms with E-state index in [0.717, 1.165) is 11.1 Å². The number of nitrogens with zero attached hydrogens (tertiary/aromatic N) is 2. The second-order valence-electron chi connectivity index (χ2n) is 4.37. The van der Waals surface area contributed by atoms with Gasteiger partial charge in [0.05, 0.1) is 12.2 Å². The summed E-state index contributed by atoms with van der Waals surface area (Å²) in [5.41, 5.74) is 6.70. The van der Waals surface area contributed by atoms with E-state index in [1.807, 2.05) is 48.5 Å². The van der Waals surface area contributed by atoms with Crippen LogP contribution in [0.25, 0.3) is 10.8 Å². The fourth-order valence-electron chi connectivity index (χ4n) is 2.13. The molecule has 0 aliphatic rings. The summed E-state index contributed by atoms with van der Waals surface area (Å²) in [6.07, 6.45) is 1.71. The van der Waals surface area contributed by atoms with Crippen LogP contribution >= 0.6 is 0 Å². The fraction of sp³-hybridized carbons (Fsp3) is 0.0667. The molecule has 0 radical (unpaired) electrons. The maximum Gasteiger partial charge on any atom is 0.260 e. The van der Waals surface area contributed by atoms with E-state index >= 15 is 0 Å². The van der Waals surface area contributed by atoms with E-state index in [1.54, 1.807) is 10.8 Å². The molecular formula is C15H13N3O. The molecule has 19 heavy (non-hydrogen) atoms. The SMILES string of the molecule is Nc1cc2ccccc2c(=O)n1Cc1ccccn1. The third-order valence-electron chi connectivity index (χ3n) is 3.10. The average Bonchev–Trinajstić information content (AvgIpc) is 2.45. The summed E-state index contributed by atoms with van der Waals surface area (Å²) in [6, 6.07) is 14.9. The molecule has 0 aliphatic heterocycles. The predicted molar refractivity (Wildman–Crippen MR) is 76.0 cm³/mol. The largest absolute Gasteiger partial charge is 0.385 e. The van der Waals surface area contributed by atoms with Crippen molar-refractivity contribution in [3.63, 3.8) is 0 Å². The maximum atomic E-state index is 12.4. The van der Waals surface area contributed by atoms with E-state index in [1.165, 1.54) is 0 Å². The predicted octanol–water partition coefficient (Wildman–Crippen LogP) is 2.03. The Morgan fingerprint density at radius 1 is 1.11 bits per heavy atom. The van der Waals surface area contributed by atoms with Gasteiger partial charge in [-0.1, -0.05) is 24.3 Å². The number of anilines is 1. The number of aromatic nitrogens is 2. The molecular weight excluding hydrogens is 238 g/mol. The molecule has 0 spiro atoms. The van der Waals surface area contributed by atoms with E-state index in [-0.39, 0.29) is 5.56 Å². The van der Waals surface area contributed by atoms with Crippen molar-refractivity contribution >= 4 is 16.6 Å². The molecule has 2 N–H and O–H groups in total. The van der Waals surface area contributed by atoms with E-state index in [2.05, 4.69) is 4.98 Å². The van der Waals surface area contributed by atoms with E-state index < -0.39 is 0 Å². The molecule has 4 heteroatoms. The van der Waals surface area contributed by atoms with E-state index in [9.17, 15) is 4.79 Å². The summed E-state index contributed by atoms with van der Waals surface area (Å²) in [4.78, 5) is 16.6. The fourth-order valence-corrected chi connectivity index (χ4v) is 2.13. The number of pyridine rings is 2. The minimum absolute atomic E-state index is 0.0822. The van der Waals surface area contributed by atoms with E-state index in [4.69, 9.17) is 5.73 Å². The van der Waals surface area contributed by atoms with Crippen molar-refractivity contribution in [2.24, 2.45) is 0 Å². The molecule has 4 nitrogen and oxygen atoms in total. The van der Waals surface area contributed by atoms with Gasteiger partial charge in [-0.2, -0.15) is 0 Å². The number of nitrogen functional groups attached to an aromatic ring is 1. The third-order valence-corrected chi connectivity index (χ3v) is 3.10. The maximum absolute atomic E-state index is 12.4. The lowest BCUT2D eigenvalue weighted by Gasteiger charge is -2.10. The molecule has 94 valence electrons. The molecule has 0 fully saturated rings. The van der Waals surface area contributed by atoms with Crippen molar-refractivity contribution in [3.8, 4) is 0 Å². The van der Waals surface area contributed by atoms with Crippen LogP contribution in [0.15, 0.2) is 59.5 Å². The van der Waals surface area contributed by atoms with Gasteiger partial charge in [-0.3, -0.25) is 14.3 Å². The molecule has 0 aliphatic carbocycles. The molecule has 0 saturated carbocycles.